The van der Waals surface area contributed by atoms with Crippen molar-refractivity contribution in [3.63, 3.8) is 0 Å². The van der Waals surface area contributed by atoms with E-state index in [4.69, 9.17) is 21.1 Å². The maximum atomic E-state index is 12.9. The van der Waals surface area contributed by atoms with Gasteiger partial charge in [-0.1, -0.05) is 17.7 Å². The van der Waals surface area contributed by atoms with E-state index >= 15 is 0 Å². The van der Waals surface area contributed by atoms with Crippen molar-refractivity contribution < 1.29 is 29.0 Å². The van der Waals surface area contributed by atoms with Gasteiger partial charge in [-0.3, -0.25) is 14.9 Å². The van der Waals surface area contributed by atoms with E-state index in [9.17, 15) is 19.5 Å². The number of hydrogen-bond acceptors (Lipinski definition) is 6. The summed E-state index contributed by atoms with van der Waals surface area (Å²) >= 11 is 6.07. The smallest absolute Gasteiger partial charge is 0.335 e. The molecule has 4 amide bonds. The molecule has 0 aliphatic carbocycles. The zero-order valence-electron chi connectivity index (χ0n) is 14.9. The van der Waals surface area contributed by atoms with Crippen LogP contribution in [0.5, 0.6) is 17.2 Å². The topological polar surface area (TPSA) is 105 Å². The number of anilines is 1. The van der Waals surface area contributed by atoms with Crippen LogP contribution in [0.1, 0.15) is 5.56 Å². The zero-order valence-corrected chi connectivity index (χ0v) is 15.6. The quantitative estimate of drug-likeness (QED) is 0.601. The Bertz CT molecular complexity index is 1020. The Morgan fingerprint density at radius 3 is 2.39 bits per heavy atom. The molecule has 0 aromatic heterocycles. The van der Waals surface area contributed by atoms with Gasteiger partial charge in [0.2, 0.25) is 0 Å². The van der Waals surface area contributed by atoms with Gasteiger partial charge in [0.1, 0.15) is 11.3 Å². The van der Waals surface area contributed by atoms with E-state index in [0.717, 1.165) is 4.90 Å². The van der Waals surface area contributed by atoms with Crippen LogP contribution in [0.25, 0.3) is 6.08 Å². The fourth-order valence-electron chi connectivity index (χ4n) is 2.64. The summed E-state index contributed by atoms with van der Waals surface area (Å²) in [5.74, 6) is -1.19. The molecule has 28 heavy (non-hydrogen) atoms. The van der Waals surface area contributed by atoms with Crippen LogP contribution in [0.15, 0.2) is 42.0 Å². The van der Waals surface area contributed by atoms with E-state index < -0.39 is 17.8 Å². The number of halogens is 1. The van der Waals surface area contributed by atoms with Gasteiger partial charge < -0.3 is 14.6 Å². The summed E-state index contributed by atoms with van der Waals surface area (Å²) in [6.45, 7) is 0. The summed E-state index contributed by atoms with van der Waals surface area (Å²) in [4.78, 5) is 38.1. The molecule has 1 aliphatic heterocycles. The standard InChI is InChI=1S/C19H15ClN2O6/c1-27-15-6-4-11(9-13(15)20)22-18(25)12(17(24)21-19(22)26)7-10-3-5-14(23)16(8-10)28-2/h3-9,23H,1-2H3,(H,21,24,26). The van der Waals surface area contributed by atoms with Crippen molar-refractivity contribution in [1.82, 2.24) is 5.32 Å². The van der Waals surface area contributed by atoms with Gasteiger partial charge in [-0.05, 0) is 42.0 Å². The Kier molecular flexibility index (Phi) is 5.23. The Hall–Kier alpha value is -3.52. The lowest BCUT2D eigenvalue weighted by atomic mass is 10.1. The molecule has 1 saturated heterocycles. The van der Waals surface area contributed by atoms with Crippen LogP contribution < -0.4 is 19.7 Å². The Morgan fingerprint density at radius 2 is 1.75 bits per heavy atom. The summed E-state index contributed by atoms with van der Waals surface area (Å²) in [6.07, 6.45) is 1.30. The largest absolute Gasteiger partial charge is 0.504 e. The maximum Gasteiger partial charge on any atom is 0.335 e. The molecule has 8 nitrogen and oxygen atoms in total. The lowest BCUT2D eigenvalue weighted by molar-refractivity contribution is -0.122. The number of aromatic hydroxyl groups is 1. The average Bonchev–Trinajstić information content (AvgIpc) is 2.66. The van der Waals surface area contributed by atoms with E-state index in [0.29, 0.717) is 11.3 Å². The third-order valence-corrected chi connectivity index (χ3v) is 4.31. The number of nitrogens with zero attached hydrogens (tertiary/aromatic N) is 1. The van der Waals surface area contributed by atoms with Crippen molar-refractivity contribution in [2.24, 2.45) is 0 Å². The molecule has 2 aromatic carbocycles. The first-order chi connectivity index (χ1) is 13.3. The van der Waals surface area contributed by atoms with E-state index in [2.05, 4.69) is 5.32 Å². The summed E-state index contributed by atoms with van der Waals surface area (Å²) < 4.78 is 10.1. The van der Waals surface area contributed by atoms with Crippen molar-refractivity contribution in [3.05, 3.63) is 52.6 Å². The number of phenolic OH excluding ortho intramolecular Hbond substituents is 1. The number of methoxy groups -OCH3 is 2. The normalized spacial score (nSPS) is 15.6. The molecule has 0 radical (unpaired) electrons. The number of ether oxygens (including phenoxy) is 2. The van der Waals surface area contributed by atoms with Gasteiger partial charge in [0.15, 0.2) is 11.5 Å². The molecule has 0 saturated carbocycles. The van der Waals surface area contributed by atoms with Crippen LogP contribution in [0.3, 0.4) is 0 Å². The van der Waals surface area contributed by atoms with Crippen LogP contribution in [-0.2, 0) is 9.59 Å². The van der Waals surface area contributed by atoms with Gasteiger partial charge in [0.05, 0.1) is 24.9 Å². The number of urea groups is 1. The summed E-state index contributed by atoms with van der Waals surface area (Å²) in [5, 5.41) is 12.0. The minimum absolute atomic E-state index is 0.0891. The molecular weight excluding hydrogens is 388 g/mol. The molecule has 2 aromatic rings. The summed E-state index contributed by atoms with van der Waals surface area (Å²) in [5.41, 5.74) is 0.337. The molecule has 144 valence electrons. The SMILES string of the molecule is COc1cc(C=C2C(=O)NC(=O)N(c3ccc(OC)c(Cl)c3)C2=O)ccc1O. The van der Waals surface area contributed by atoms with Crippen LogP contribution in [-0.4, -0.2) is 37.2 Å². The van der Waals surface area contributed by atoms with Gasteiger partial charge in [0.25, 0.3) is 11.8 Å². The van der Waals surface area contributed by atoms with Crippen molar-refractivity contribution in [1.29, 1.82) is 0 Å². The fourth-order valence-corrected chi connectivity index (χ4v) is 2.89. The van der Waals surface area contributed by atoms with Gasteiger partial charge in [-0.15, -0.1) is 0 Å². The molecule has 0 atom stereocenters. The van der Waals surface area contributed by atoms with Crippen LogP contribution >= 0.6 is 11.6 Å². The lowest BCUT2D eigenvalue weighted by Gasteiger charge is -2.26. The number of phenols is 1. The minimum atomic E-state index is -0.892. The number of carbonyl (C=O) groups excluding carboxylic acids is 3. The molecule has 2 N–H and O–H groups in total. The number of carbonyl (C=O) groups is 3. The van der Waals surface area contributed by atoms with E-state index in [1.807, 2.05) is 0 Å². The third-order valence-electron chi connectivity index (χ3n) is 4.01. The number of benzene rings is 2. The molecule has 0 unspecified atom stereocenters. The minimum Gasteiger partial charge on any atom is -0.504 e. The van der Waals surface area contributed by atoms with Gasteiger partial charge >= 0.3 is 6.03 Å². The van der Waals surface area contributed by atoms with Crippen LogP contribution in [0.4, 0.5) is 10.5 Å². The Labute approximate surface area is 164 Å². The fraction of sp³-hybridized carbons (Fsp3) is 0.105. The molecule has 1 aliphatic rings. The van der Waals surface area contributed by atoms with E-state index in [1.54, 1.807) is 0 Å². The first-order valence-corrected chi connectivity index (χ1v) is 8.35. The lowest BCUT2D eigenvalue weighted by Crippen LogP contribution is -2.54. The highest BCUT2D eigenvalue weighted by Gasteiger charge is 2.37. The van der Waals surface area contributed by atoms with E-state index in [1.165, 1.54) is 56.7 Å². The van der Waals surface area contributed by atoms with Gasteiger partial charge in [-0.2, -0.15) is 0 Å². The van der Waals surface area contributed by atoms with Crippen molar-refractivity contribution in [3.8, 4) is 17.2 Å². The second kappa shape index (κ2) is 7.61. The highest BCUT2D eigenvalue weighted by Crippen LogP contribution is 2.32. The number of nitrogens with one attached hydrogen (secondary N) is 1. The highest BCUT2D eigenvalue weighted by atomic mass is 35.5. The molecule has 3 rings (SSSR count). The molecule has 0 spiro atoms. The first-order valence-electron chi connectivity index (χ1n) is 7.97. The number of rotatable bonds is 4. The molecule has 1 fully saturated rings. The van der Waals surface area contributed by atoms with Gasteiger partial charge in [0, 0.05) is 0 Å². The average molecular weight is 403 g/mol. The number of barbiturate groups is 1. The highest BCUT2D eigenvalue weighted by molar-refractivity contribution is 6.39. The van der Waals surface area contributed by atoms with Crippen molar-refractivity contribution in [2.75, 3.05) is 19.1 Å². The molecule has 0 bridgehead atoms. The monoisotopic (exact) mass is 402 g/mol. The summed E-state index contributed by atoms with van der Waals surface area (Å²) in [6, 6.07) is 7.78. The van der Waals surface area contributed by atoms with Crippen LogP contribution in [0, 0.1) is 0 Å². The van der Waals surface area contributed by atoms with Gasteiger partial charge in [-0.25, -0.2) is 9.69 Å². The molecule has 9 heteroatoms. The Morgan fingerprint density at radius 1 is 1.04 bits per heavy atom. The second-order valence-corrected chi connectivity index (χ2v) is 6.12. The Balaban J connectivity index is 2.02. The summed E-state index contributed by atoms with van der Waals surface area (Å²) in [7, 11) is 2.81. The number of hydrogen-bond donors (Lipinski definition) is 2. The number of amides is 4. The van der Waals surface area contributed by atoms with Crippen LogP contribution in [0.2, 0.25) is 5.02 Å². The van der Waals surface area contributed by atoms with Crippen molar-refractivity contribution in [2.45, 2.75) is 0 Å². The van der Waals surface area contributed by atoms with E-state index in [-0.39, 0.29) is 27.8 Å². The van der Waals surface area contributed by atoms with Crippen molar-refractivity contribution >= 4 is 41.2 Å². The predicted octanol–water partition coefficient (Wildman–Crippen LogP) is 2.73. The third kappa shape index (κ3) is 3.49. The predicted molar refractivity (Wildman–Crippen MR) is 102 cm³/mol. The zero-order chi connectivity index (χ0) is 20.4. The first kappa shape index (κ1) is 19.2. The second-order valence-electron chi connectivity index (χ2n) is 5.71. The maximum absolute atomic E-state index is 12.9. The molecule has 1 heterocycles. The molecular formula is C19H15ClN2O6. The number of imide groups is 2.